The smallest absolute Gasteiger partial charge is 0.314 e. The predicted molar refractivity (Wildman–Crippen MR) is 96.4 cm³/mol. The van der Waals surface area contributed by atoms with E-state index in [2.05, 4.69) is 20.8 Å². The summed E-state index contributed by atoms with van der Waals surface area (Å²) >= 11 is 0. The van der Waals surface area contributed by atoms with Crippen molar-refractivity contribution in [1.29, 1.82) is 0 Å². The Balaban J connectivity index is 2.20. The van der Waals surface area contributed by atoms with Gasteiger partial charge < -0.3 is 9.84 Å². The van der Waals surface area contributed by atoms with Crippen LogP contribution in [0.15, 0.2) is 11.1 Å². The summed E-state index contributed by atoms with van der Waals surface area (Å²) in [4.78, 5) is 37.5. The molecule has 1 fully saturated rings. The Labute approximate surface area is 155 Å². The molecule has 5 heteroatoms. The highest BCUT2D eigenvalue weighted by atomic mass is 16.5. The van der Waals surface area contributed by atoms with E-state index < -0.39 is 28.9 Å². The average molecular weight is 362 g/mol. The van der Waals surface area contributed by atoms with E-state index in [1.165, 1.54) is 6.92 Å². The Morgan fingerprint density at radius 3 is 2.19 bits per heavy atom. The maximum Gasteiger partial charge on any atom is 0.314 e. The lowest BCUT2D eigenvalue weighted by atomic mass is 9.45. The Hall–Kier alpha value is -1.65. The average Bonchev–Trinajstić information content (AvgIpc) is 2.38. The van der Waals surface area contributed by atoms with Gasteiger partial charge in [-0.25, -0.2) is 0 Å². The quantitative estimate of drug-likeness (QED) is 0.754. The highest BCUT2D eigenvalue weighted by Gasteiger charge is 2.63. The molecule has 26 heavy (non-hydrogen) atoms. The van der Waals surface area contributed by atoms with Crippen molar-refractivity contribution in [2.24, 2.45) is 21.7 Å². The lowest BCUT2D eigenvalue weighted by Crippen LogP contribution is -2.57. The normalized spacial score (nSPS) is 37.8. The molecule has 0 aliphatic heterocycles. The van der Waals surface area contributed by atoms with E-state index in [0.29, 0.717) is 24.8 Å². The van der Waals surface area contributed by atoms with Gasteiger partial charge in [-0.05, 0) is 42.9 Å². The van der Waals surface area contributed by atoms with E-state index in [1.807, 2.05) is 13.8 Å². The first-order chi connectivity index (χ1) is 11.7. The van der Waals surface area contributed by atoms with Crippen LogP contribution in [0.3, 0.4) is 0 Å². The molecule has 3 rings (SSSR count). The van der Waals surface area contributed by atoms with Crippen LogP contribution in [0.5, 0.6) is 0 Å². The number of hydrogen-bond donors (Lipinski definition) is 1. The van der Waals surface area contributed by atoms with Gasteiger partial charge in [0.2, 0.25) is 5.78 Å². The Bertz CT molecular complexity index is 729. The topological polar surface area (TPSA) is 80.7 Å². The standard InChI is InChI=1S/C21H30O5/c1-12(22)26-16-15(23)14-13(7-19(16,4)5)8-20(6)9-18(2,3)10-21(14,11-20)17(24)25/h16H,7-11H2,1-6H3,(H,24,25)/t16-,20-,21+/m0/s1. The van der Waals surface area contributed by atoms with E-state index in [1.54, 1.807) is 0 Å². The van der Waals surface area contributed by atoms with Gasteiger partial charge in [-0.2, -0.15) is 0 Å². The van der Waals surface area contributed by atoms with Gasteiger partial charge in [-0.3, -0.25) is 14.4 Å². The third kappa shape index (κ3) is 2.80. The van der Waals surface area contributed by atoms with Crippen LogP contribution < -0.4 is 0 Å². The molecule has 144 valence electrons. The van der Waals surface area contributed by atoms with Gasteiger partial charge in [0.25, 0.3) is 0 Å². The molecule has 0 saturated heterocycles. The molecule has 2 bridgehead atoms. The van der Waals surface area contributed by atoms with Gasteiger partial charge >= 0.3 is 11.9 Å². The summed E-state index contributed by atoms with van der Waals surface area (Å²) in [6, 6.07) is 0. The summed E-state index contributed by atoms with van der Waals surface area (Å²) in [6.07, 6.45) is 2.32. The van der Waals surface area contributed by atoms with Crippen molar-refractivity contribution in [1.82, 2.24) is 0 Å². The number of hydrogen-bond acceptors (Lipinski definition) is 4. The second kappa shape index (κ2) is 5.43. The van der Waals surface area contributed by atoms with Crippen molar-refractivity contribution in [3.05, 3.63) is 11.1 Å². The van der Waals surface area contributed by atoms with Crippen molar-refractivity contribution in [2.45, 2.75) is 79.8 Å². The van der Waals surface area contributed by atoms with Crippen LogP contribution in [0.25, 0.3) is 0 Å². The monoisotopic (exact) mass is 362 g/mol. The first-order valence-corrected chi connectivity index (χ1v) is 9.39. The van der Waals surface area contributed by atoms with Gasteiger partial charge in [-0.1, -0.05) is 40.2 Å². The van der Waals surface area contributed by atoms with E-state index in [9.17, 15) is 19.5 Å². The molecule has 1 saturated carbocycles. The summed E-state index contributed by atoms with van der Waals surface area (Å²) in [5.74, 6) is -1.72. The number of carboxylic acids is 1. The molecule has 3 aliphatic rings. The number of carbonyl (C=O) groups excluding carboxylic acids is 2. The molecule has 1 N–H and O–H groups in total. The molecule has 0 radical (unpaired) electrons. The van der Waals surface area contributed by atoms with Gasteiger partial charge in [-0.15, -0.1) is 0 Å². The number of aliphatic carboxylic acids is 1. The fraction of sp³-hybridized carbons (Fsp3) is 0.762. The molecule has 0 aromatic rings. The van der Waals surface area contributed by atoms with E-state index >= 15 is 0 Å². The Morgan fingerprint density at radius 1 is 1.04 bits per heavy atom. The zero-order valence-electron chi connectivity index (χ0n) is 16.7. The lowest BCUT2D eigenvalue weighted by molar-refractivity contribution is -0.166. The van der Waals surface area contributed by atoms with Crippen molar-refractivity contribution in [3.8, 4) is 0 Å². The van der Waals surface area contributed by atoms with Crippen molar-refractivity contribution < 1.29 is 24.2 Å². The first-order valence-electron chi connectivity index (χ1n) is 9.39. The molecule has 3 atom stereocenters. The SMILES string of the molecule is CC(=O)O[C@H]1C(=O)C2=C(CC1(C)C)C[C@@]1(C)CC(C)(C)C[C@@]2(C(=O)O)C1. The maximum atomic E-state index is 13.4. The molecular formula is C21H30O5. The predicted octanol–water partition coefficient (Wildman–Crippen LogP) is 3.90. The summed E-state index contributed by atoms with van der Waals surface area (Å²) in [6.45, 7) is 11.5. The minimum absolute atomic E-state index is 0.121. The van der Waals surface area contributed by atoms with Crippen molar-refractivity contribution in [2.75, 3.05) is 0 Å². The summed E-state index contributed by atoms with van der Waals surface area (Å²) in [5, 5.41) is 10.2. The van der Waals surface area contributed by atoms with Crippen LogP contribution in [0.1, 0.15) is 73.6 Å². The van der Waals surface area contributed by atoms with Crippen LogP contribution in [-0.2, 0) is 19.1 Å². The first kappa shape index (κ1) is 19.1. The number of carbonyl (C=O) groups is 3. The lowest BCUT2D eigenvalue weighted by Gasteiger charge is -2.58. The number of rotatable bonds is 2. The molecule has 0 aromatic heterocycles. The zero-order chi connectivity index (χ0) is 19.7. The fourth-order valence-corrected chi connectivity index (χ4v) is 6.46. The molecule has 3 aliphatic carbocycles. The van der Waals surface area contributed by atoms with Crippen molar-refractivity contribution in [3.63, 3.8) is 0 Å². The van der Waals surface area contributed by atoms with Crippen LogP contribution >= 0.6 is 0 Å². The minimum Gasteiger partial charge on any atom is -0.481 e. The number of ketones is 1. The van der Waals surface area contributed by atoms with Crippen LogP contribution in [0, 0.1) is 21.7 Å². The van der Waals surface area contributed by atoms with Crippen LogP contribution in [0.4, 0.5) is 0 Å². The zero-order valence-corrected chi connectivity index (χ0v) is 16.7. The highest BCUT2D eigenvalue weighted by molar-refractivity contribution is 6.07. The third-order valence-corrected chi connectivity index (χ3v) is 6.44. The summed E-state index contributed by atoms with van der Waals surface area (Å²) in [7, 11) is 0. The third-order valence-electron chi connectivity index (χ3n) is 6.44. The Kier molecular flexibility index (Phi) is 3.99. The van der Waals surface area contributed by atoms with Gasteiger partial charge in [0.05, 0.1) is 5.41 Å². The number of carboxylic acid groups (broad SMARTS) is 1. The van der Waals surface area contributed by atoms with Gasteiger partial charge in [0, 0.05) is 17.9 Å². The summed E-state index contributed by atoms with van der Waals surface area (Å²) < 4.78 is 5.39. The largest absolute Gasteiger partial charge is 0.481 e. The molecule has 0 heterocycles. The molecule has 0 aromatic carbocycles. The number of allylic oxidation sites excluding steroid dienone is 1. The number of ether oxygens (including phenoxy) is 1. The second-order valence-corrected chi connectivity index (χ2v) is 10.6. The van der Waals surface area contributed by atoms with Crippen LogP contribution in [0.2, 0.25) is 0 Å². The number of fused-ring (bicyclic) bond motifs is 3. The van der Waals surface area contributed by atoms with Gasteiger partial charge in [0.1, 0.15) is 0 Å². The minimum atomic E-state index is -1.17. The fourth-order valence-electron chi connectivity index (χ4n) is 6.46. The van der Waals surface area contributed by atoms with Gasteiger partial charge in [0.15, 0.2) is 6.10 Å². The second-order valence-electron chi connectivity index (χ2n) is 10.6. The Morgan fingerprint density at radius 2 is 1.65 bits per heavy atom. The molecule has 0 amide bonds. The molecular weight excluding hydrogens is 332 g/mol. The maximum absolute atomic E-state index is 13.4. The van der Waals surface area contributed by atoms with E-state index in [0.717, 1.165) is 18.4 Å². The van der Waals surface area contributed by atoms with E-state index in [4.69, 9.17) is 4.74 Å². The molecule has 0 unspecified atom stereocenters. The highest BCUT2D eigenvalue weighted by Crippen LogP contribution is 2.65. The molecule has 5 nitrogen and oxygen atoms in total. The number of esters is 1. The van der Waals surface area contributed by atoms with Crippen LogP contribution in [-0.4, -0.2) is 28.9 Å². The molecule has 0 spiro atoms. The van der Waals surface area contributed by atoms with E-state index in [-0.39, 0.29) is 16.6 Å². The van der Waals surface area contributed by atoms with Crippen molar-refractivity contribution >= 4 is 17.7 Å². The number of Topliss-reactive ketones (excluding diaryl/α,β-unsaturated/α-hetero) is 1. The summed E-state index contributed by atoms with van der Waals surface area (Å²) in [5.41, 5.74) is -0.581.